The Labute approximate surface area is 70.1 Å². The maximum absolute atomic E-state index is 11.3. The molecule has 60 valence electrons. The molecule has 0 aliphatic carbocycles. The van der Waals surface area contributed by atoms with Crippen molar-refractivity contribution in [2.75, 3.05) is 0 Å². The second-order valence-corrected chi connectivity index (χ2v) is 2.81. The summed E-state index contributed by atoms with van der Waals surface area (Å²) in [6, 6.07) is 9.16. The fourth-order valence-electron chi connectivity index (χ4n) is 1.32. The van der Waals surface area contributed by atoms with Crippen LogP contribution in [0.3, 0.4) is 0 Å². The number of hydrogen-bond donors (Lipinski definition) is 0. The van der Waals surface area contributed by atoms with Gasteiger partial charge in [-0.25, -0.2) is 0 Å². The third-order valence-electron chi connectivity index (χ3n) is 1.98. The van der Waals surface area contributed by atoms with Crippen LogP contribution in [0.5, 0.6) is 0 Å². The van der Waals surface area contributed by atoms with Gasteiger partial charge in [0.2, 0.25) is 0 Å². The molecular weight excluding hydrogens is 150 g/mol. The summed E-state index contributed by atoms with van der Waals surface area (Å²) >= 11 is 0. The van der Waals surface area contributed by atoms with E-state index in [9.17, 15) is 4.79 Å². The van der Waals surface area contributed by atoms with E-state index in [0.717, 1.165) is 11.1 Å². The molecule has 2 nitrogen and oxygen atoms in total. The van der Waals surface area contributed by atoms with Crippen LogP contribution in [-0.2, 0) is 0 Å². The molecule has 0 fully saturated rings. The van der Waals surface area contributed by atoms with Crippen LogP contribution in [0.15, 0.2) is 41.3 Å². The van der Waals surface area contributed by atoms with Crippen LogP contribution in [0.2, 0.25) is 0 Å². The van der Waals surface area contributed by atoms with Crippen molar-refractivity contribution < 1.29 is 0 Å². The van der Waals surface area contributed by atoms with Gasteiger partial charge in [0.15, 0.2) is 0 Å². The van der Waals surface area contributed by atoms with E-state index < -0.39 is 0 Å². The average Bonchev–Trinajstić information content (AvgIpc) is 2.12. The zero-order valence-electron chi connectivity index (χ0n) is 6.82. The van der Waals surface area contributed by atoms with Crippen molar-refractivity contribution in [2.24, 2.45) is 0 Å². The summed E-state index contributed by atoms with van der Waals surface area (Å²) in [7, 11) is 0. The van der Waals surface area contributed by atoms with Gasteiger partial charge in [0.25, 0.3) is 5.56 Å². The quantitative estimate of drug-likeness (QED) is 0.572. The van der Waals surface area contributed by atoms with E-state index in [0.29, 0.717) is 0 Å². The summed E-state index contributed by atoms with van der Waals surface area (Å²) in [5.74, 6) is 0. The van der Waals surface area contributed by atoms with Gasteiger partial charge in [-0.15, -0.1) is 0 Å². The third kappa shape index (κ3) is 0.925. The predicted octanol–water partition coefficient (Wildman–Crippen LogP) is 1.61. The van der Waals surface area contributed by atoms with E-state index in [4.69, 9.17) is 0 Å². The number of aryl methyl sites for hydroxylation is 1. The fourth-order valence-corrected chi connectivity index (χ4v) is 1.32. The third-order valence-corrected chi connectivity index (χ3v) is 1.98. The van der Waals surface area contributed by atoms with Crippen LogP contribution in [0, 0.1) is 6.92 Å². The minimum atomic E-state index is 0.0243. The Balaban J connectivity index is 3.05. The topological polar surface area (TPSA) is 21.5 Å². The van der Waals surface area contributed by atoms with Crippen molar-refractivity contribution >= 4 is 5.52 Å². The molecule has 0 saturated heterocycles. The molecule has 0 radical (unpaired) electrons. The van der Waals surface area contributed by atoms with Crippen LogP contribution in [0.4, 0.5) is 0 Å². The average molecular weight is 159 g/mol. The zero-order valence-corrected chi connectivity index (χ0v) is 6.82. The largest absolute Gasteiger partial charge is 0.284 e. The van der Waals surface area contributed by atoms with Gasteiger partial charge in [-0.3, -0.25) is 9.20 Å². The second kappa shape index (κ2) is 2.48. The summed E-state index contributed by atoms with van der Waals surface area (Å²) in [5, 5.41) is 0. The summed E-state index contributed by atoms with van der Waals surface area (Å²) in [5.41, 5.74) is 2.12. The number of hydrogen-bond acceptors (Lipinski definition) is 1. The Morgan fingerprint density at radius 3 is 2.75 bits per heavy atom. The van der Waals surface area contributed by atoms with Gasteiger partial charge < -0.3 is 0 Å². The molecule has 2 heteroatoms. The molecule has 0 atom stereocenters. The number of nitrogens with zero attached hydrogens (tertiary/aromatic N) is 1. The lowest BCUT2D eigenvalue weighted by Gasteiger charge is -2.01. The predicted molar refractivity (Wildman–Crippen MR) is 48.4 cm³/mol. The SMILES string of the molecule is Cc1ccc(=O)n2ccccc12. The minimum absolute atomic E-state index is 0.0243. The molecule has 12 heavy (non-hydrogen) atoms. The monoisotopic (exact) mass is 159 g/mol. The molecule has 0 spiro atoms. The molecule has 2 heterocycles. The number of aromatic nitrogens is 1. The van der Waals surface area contributed by atoms with E-state index in [1.54, 1.807) is 16.7 Å². The first-order valence-corrected chi connectivity index (χ1v) is 3.86. The van der Waals surface area contributed by atoms with Crippen LogP contribution < -0.4 is 5.56 Å². The summed E-state index contributed by atoms with van der Waals surface area (Å²) < 4.78 is 1.65. The molecule has 0 aliphatic rings. The van der Waals surface area contributed by atoms with E-state index in [1.165, 1.54) is 0 Å². The van der Waals surface area contributed by atoms with Crippen molar-refractivity contribution in [3.63, 3.8) is 0 Å². The Kier molecular flexibility index (Phi) is 1.47. The molecule has 0 bridgehead atoms. The molecule has 2 aromatic rings. The van der Waals surface area contributed by atoms with Crippen molar-refractivity contribution in [1.82, 2.24) is 4.40 Å². The number of fused-ring (bicyclic) bond motifs is 1. The highest BCUT2D eigenvalue weighted by atomic mass is 16.1. The highest BCUT2D eigenvalue weighted by Gasteiger charge is 1.95. The Morgan fingerprint density at radius 2 is 2.00 bits per heavy atom. The molecule has 2 rings (SSSR count). The molecule has 0 amide bonds. The minimum Gasteiger partial charge on any atom is -0.284 e. The lowest BCUT2D eigenvalue weighted by atomic mass is 10.2. The first-order valence-electron chi connectivity index (χ1n) is 3.86. The molecule has 0 N–H and O–H groups in total. The Bertz CT molecular complexity index is 470. The zero-order chi connectivity index (χ0) is 8.55. The summed E-state index contributed by atoms with van der Waals surface area (Å²) in [4.78, 5) is 11.3. The highest BCUT2D eigenvalue weighted by Crippen LogP contribution is 2.05. The van der Waals surface area contributed by atoms with Gasteiger partial charge in [0.05, 0.1) is 5.52 Å². The lowest BCUT2D eigenvalue weighted by Crippen LogP contribution is -2.11. The molecule has 0 saturated carbocycles. The highest BCUT2D eigenvalue weighted by molar-refractivity contribution is 5.53. The molecule has 0 aliphatic heterocycles. The van der Waals surface area contributed by atoms with Crippen LogP contribution in [0.1, 0.15) is 5.56 Å². The maximum atomic E-state index is 11.3. The van der Waals surface area contributed by atoms with Crippen LogP contribution in [-0.4, -0.2) is 4.40 Å². The summed E-state index contributed by atoms with van der Waals surface area (Å²) in [6.45, 7) is 1.99. The van der Waals surface area contributed by atoms with E-state index in [1.807, 2.05) is 31.2 Å². The van der Waals surface area contributed by atoms with Crippen molar-refractivity contribution in [2.45, 2.75) is 6.92 Å². The molecular formula is C10H9NO. The van der Waals surface area contributed by atoms with Crippen LogP contribution in [0.25, 0.3) is 5.52 Å². The summed E-state index contributed by atoms with van der Waals surface area (Å²) in [6.07, 6.45) is 1.78. The van der Waals surface area contributed by atoms with Crippen LogP contribution >= 0.6 is 0 Å². The van der Waals surface area contributed by atoms with Gasteiger partial charge in [-0.2, -0.15) is 0 Å². The molecule has 0 aromatic carbocycles. The molecule has 2 aromatic heterocycles. The Hall–Kier alpha value is -1.57. The van der Waals surface area contributed by atoms with Gasteiger partial charge in [-0.1, -0.05) is 12.1 Å². The maximum Gasteiger partial charge on any atom is 0.255 e. The van der Waals surface area contributed by atoms with Gasteiger partial charge >= 0.3 is 0 Å². The lowest BCUT2D eigenvalue weighted by molar-refractivity contribution is 1.08. The standard InChI is InChI=1S/C10H9NO/c1-8-5-6-10(12)11-7-3-2-4-9(8)11/h2-7H,1H3. The first-order chi connectivity index (χ1) is 5.79. The van der Waals surface area contributed by atoms with Gasteiger partial charge in [0.1, 0.15) is 0 Å². The smallest absolute Gasteiger partial charge is 0.255 e. The molecule has 0 unspecified atom stereocenters. The van der Waals surface area contributed by atoms with E-state index >= 15 is 0 Å². The second-order valence-electron chi connectivity index (χ2n) is 2.81. The van der Waals surface area contributed by atoms with Gasteiger partial charge in [0, 0.05) is 12.3 Å². The normalized spacial score (nSPS) is 10.4. The van der Waals surface area contributed by atoms with Gasteiger partial charge in [-0.05, 0) is 24.6 Å². The Morgan fingerprint density at radius 1 is 1.17 bits per heavy atom. The van der Waals surface area contributed by atoms with E-state index in [2.05, 4.69) is 0 Å². The fraction of sp³-hybridized carbons (Fsp3) is 0.100. The number of pyridine rings is 2. The van der Waals surface area contributed by atoms with E-state index in [-0.39, 0.29) is 5.56 Å². The number of rotatable bonds is 0. The van der Waals surface area contributed by atoms with Crippen molar-refractivity contribution in [1.29, 1.82) is 0 Å². The first kappa shape index (κ1) is 7.10. The van der Waals surface area contributed by atoms with Crippen molar-refractivity contribution in [3.05, 3.63) is 52.4 Å². The van der Waals surface area contributed by atoms with Crippen molar-refractivity contribution in [3.8, 4) is 0 Å².